The summed E-state index contributed by atoms with van der Waals surface area (Å²) in [5.41, 5.74) is 2.35. The van der Waals surface area contributed by atoms with Gasteiger partial charge in [0.1, 0.15) is 17.9 Å². The molecule has 0 atom stereocenters. The molecule has 2 aromatic carbocycles. The normalized spacial score (nSPS) is 14.1. The van der Waals surface area contributed by atoms with Crippen LogP contribution in [0.2, 0.25) is 5.02 Å². The monoisotopic (exact) mass is 410 g/mol. The van der Waals surface area contributed by atoms with Crippen molar-refractivity contribution in [3.05, 3.63) is 53.3 Å². The Labute approximate surface area is 174 Å². The Hall–Kier alpha value is -2.86. The molecule has 1 fully saturated rings. The van der Waals surface area contributed by atoms with E-state index >= 15 is 0 Å². The lowest BCUT2D eigenvalue weighted by Gasteiger charge is -2.28. The van der Waals surface area contributed by atoms with Gasteiger partial charge in [-0.25, -0.2) is 9.97 Å². The van der Waals surface area contributed by atoms with Gasteiger partial charge in [0, 0.05) is 29.2 Å². The van der Waals surface area contributed by atoms with Crippen LogP contribution in [-0.4, -0.2) is 36.1 Å². The van der Waals surface area contributed by atoms with Gasteiger partial charge in [-0.3, -0.25) is 4.79 Å². The molecular formula is C22H23ClN4O2. The average molecular weight is 411 g/mol. The van der Waals surface area contributed by atoms with E-state index in [4.69, 9.17) is 16.3 Å². The van der Waals surface area contributed by atoms with Gasteiger partial charge in [0.15, 0.2) is 0 Å². The van der Waals surface area contributed by atoms with Gasteiger partial charge in [-0.2, -0.15) is 0 Å². The highest BCUT2D eigenvalue weighted by Gasteiger charge is 2.16. The number of halogens is 1. The Morgan fingerprint density at radius 3 is 2.72 bits per heavy atom. The minimum Gasteiger partial charge on any atom is -0.497 e. The summed E-state index contributed by atoms with van der Waals surface area (Å²) in [6.07, 6.45) is 5.39. The van der Waals surface area contributed by atoms with Crippen LogP contribution in [0.5, 0.6) is 5.75 Å². The van der Waals surface area contributed by atoms with Crippen molar-refractivity contribution in [2.75, 3.05) is 30.4 Å². The predicted octanol–water partition coefficient (Wildman–Crippen LogP) is 4.46. The molecule has 1 aliphatic rings. The third kappa shape index (κ3) is 4.43. The van der Waals surface area contributed by atoms with Crippen molar-refractivity contribution in [3.8, 4) is 5.75 Å². The molecular weight excluding hydrogens is 388 g/mol. The van der Waals surface area contributed by atoms with Gasteiger partial charge >= 0.3 is 0 Å². The fourth-order valence-electron chi connectivity index (χ4n) is 3.66. The molecule has 4 rings (SSSR count). The zero-order valence-electron chi connectivity index (χ0n) is 16.3. The van der Waals surface area contributed by atoms with Crippen LogP contribution in [0.15, 0.2) is 42.7 Å². The highest BCUT2D eigenvalue weighted by atomic mass is 35.5. The van der Waals surface area contributed by atoms with Crippen LogP contribution < -0.4 is 15.0 Å². The second-order valence-corrected chi connectivity index (χ2v) is 7.57. The van der Waals surface area contributed by atoms with Crippen LogP contribution in [0.1, 0.15) is 24.8 Å². The van der Waals surface area contributed by atoms with E-state index in [1.807, 2.05) is 24.3 Å². The topological polar surface area (TPSA) is 67.3 Å². The highest BCUT2D eigenvalue weighted by molar-refractivity contribution is 6.31. The number of hydrogen-bond donors (Lipinski definition) is 1. The average Bonchev–Trinajstić information content (AvgIpc) is 2.75. The zero-order chi connectivity index (χ0) is 20.2. The van der Waals surface area contributed by atoms with Crippen LogP contribution >= 0.6 is 11.6 Å². The number of nitrogens with one attached hydrogen (secondary N) is 1. The van der Waals surface area contributed by atoms with Gasteiger partial charge in [-0.15, -0.1) is 0 Å². The van der Waals surface area contributed by atoms with Gasteiger partial charge in [-0.05, 0) is 55.2 Å². The number of piperidine rings is 1. The third-order valence-electron chi connectivity index (χ3n) is 5.16. The molecule has 2 heterocycles. The van der Waals surface area contributed by atoms with Gasteiger partial charge < -0.3 is 15.0 Å². The van der Waals surface area contributed by atoms with Crippen molar-refractivity contribution < 1.29 is 9.53 Å². The molecule has 0 aliphatic carbocycles. The number of carbonyl (C=O) groups is 1. The molecule has 1 aromatic heterocycles. The van der Waals surface area contributed by atoms with Crippen molar-refractivity contribution >= 4 is 39.9 Å². The summed E-state index contributed by atoms with van der Waals surface area (Å²) in [7, 11) is 1.58. The van der Waals surface area contributed by atoms with Gasteiger partial charge in [0.2, 0.25) is 5.91 Å². The van der Waals surface area contributed by atoms with Crippen molar-refractivity contribution in [1.29, 1.82) is 0 Å². The maximum Gasteiger partial charge on any atom is 0.228 e. The summed E-state index contributed by atoms with van der Waals surface area (Å²) in [4.78, 5) is 23.8. The molecule has 1 aliphatic heterocycles. The third-order valence-corrected chi connectivity index (χ3v) is 5.52. The summed E-state index contributed by atoms with van der Waals surface area (Å²) in [6.45, 7) is 2.00. The SMILES string of the molecule is COc1ccc(CC(=O)Nc2ccc3ncnc(N4CCCCC4)c3c2)c(Cl)c1. The van der Waals surface area contributed by atoms with E-state index in [0.29, 0.717) is 10.8 Å². The first-order valence-corrected chi connectivity index (χ1v) is 10.1. The standard InChI is InChI=1S/C22H23ClN4O2/c1-29-17-7-5-15(19(23)13-17)11-21(28)26-16-6-8-20-18(12-16)22(25-14-24-20)27-9-3-2-4-10-27/h5-8,12-14H,2-4,9-11H2,1H3,(H,26,28). The molecule has 0 spiro atoms. The van der Waals surface area contributed by atoms with E-state index in [-0.39, 0.29) is 12.3 Å². The fraction of sp³-hybridized carbons (Fsp3) is 0.318. The molecule has 29 heavy (non-hydrogen) atoms. The first-order valence-electron chi connectivity index (χ1n) is 9.76. The van der Waals surface area contributed by atoms with Crippen molar-refractivity contribution in [2.24, 2.45) is 0 Å². The number of nitrogens with zero attached hydrogens (tertiary/aromatic N) is 3. The second kappa shape index (κ2) is 8.66. The van der Waals surface area contributed by atoms with Crippen LogP contribution in [0, 0.1) is 0 Å². The van der Waals surface area contributed by atoms with Crippen molar-refractivity contribution in [3.63, 3.8) is 0 Å². The molecule has 0 bridgehead atoms. The Morgan fingerprint density at radius 2 is 1.97 bits per heavy atom. The number of amides is 1. The number of benzene rings is 2. The molecule has 6 nitrogen and oxygen atoms in total. The number of anilines is 2. The summed E-state index contributed by atoms with van der Waals surface area (Å²) in [6, 6.07) is 11.1. The molecule has 0 saturated carbocycles. The number of ether oxygens (including phenoxy) is 1. The number of methoxy groups -OCH3 is 1. The minimum atomic E-state index is -0.132. The lowest BCUT2D eigenvalue weighted by molar-refractivity contribution is -0.115. The highest BCUT2D eigenvalue weighted by Crippen LogP contribution is 2.28. The first kappa shape index (κ1) is 19.5. The van der Waals surface area contributed by atoms with Crippen LogP contribution in [-0.2, 0) is 11.2 Å². The van der Waals surface area contributed by atoms with E-state index in [0.717, 1.165) is 41.1 Å². The Morgan fingerprint density at radius 1 is 1.14 bits per heavy atom. The molecule has 7 heteroatoms. The number of rotatable bonds is 5. The minimum absolute atomic E-state index is 0.132. The fourth-order valence-corrected chi connectivity index (χ4v) is 3.89. The zero-order valence-corrected chi connectivity index (χ0v) is 17.1. The smallest absolute Gasteiger partial charge is 0.228 e. The Balaban J connectivity index is 1.54. The molecule has 0 radical (unpaired) electrons. The Bertz CT molecular complexity index is 1030. The van der Waals surface area contributed by atoms with Crippen LogP contribution in [0.3, 0.4) is 0 Å². The van der Waals surface area contributed by atoms with Crippen molar-refractivity contribution in [1.82, 2.24) is 9.97 Å². The molecule has 1 amide bonds. The maximum atomic E-state index is 12.6. The number of fused-ring (bicyclic) bond motifs is 1. The molecule has 0 unspecified atom stereocenters. The molecule has 1 N–H and O–H groups in total. The van der Waals surface area contributed by atoms with Crippen molar-refractivity contribution in [2.45, 2.75) is 25.7 Å². The first-order chi connectivity index (χ1) is 14.1. The van der Waals surface area contributed by atoms with Gasteiger partial charge in [0.25, 0.3) is 0 Å². The molecule has 1 saturated heterocycles. The number of aromatic nitrogens is 2. The predicted molar refractivity (Wildman–Crippen MR) is 116 cm³/mol. The number of hydrogen-bond acceptors (Lipinski definition) is 5. The van der Waals surface area contributed by atoms with E-state index < -0.39 is 0 Å². The number of carbonyl (C=O) groups excluding carboxylic acids is 1. The molecule has 3 aromatic rings. The van der Waals surface area contributed by atoms with E-state index in [1.165, 1.54) is 19.3 Å². The van der Waals surface area contributed by atoms with Crippen LogP contribution in [0.25, 0.3) is 10.9 Å². The van der Waals surface area contributed by atoms with Crippen LogP contribution in [0.4, 0.5) is 11.5 Å². The van der Waals surface area contributed by atoms with E-state index in [2.05, 4.69) is 20.2 Å². The molecule has 150 valence electrons. The Kier molecular flexibility index (Phi) is 5.81. The van der Waals surface area contributed by atoms with Gasteiger partial charge in [0.05, 0.1) is 19.0 Å². The van der Waals surface area contributed by atoms with E-state index in [9.17, 15) is 4.79 Å². The summed E-state index contributed by atoms with van der Waals surface area (Å²) in [5.74, 6) is 1.47. The van der Waals surface area contributed by atoms with Gasteiger partial charge in [-0.1, -0.05) is 17.7 Å². The lowest BCUT2D eigenvalue weighted by atomic mass is 10.1. The summed E-state index contributed by atoms with van der Waals surface area (Å²) >= 11 is 6.26. The summed E-state index contributed by atoms with van der Waals surface area (Å²) < 4.78 is 5.15. The largest absolute Gasteiger partial charge is 0.497 e. The lowest BCUT2D eigenvalue weighted by Crippen LogP contribution is -2.30. The summed E-state index contributed by atoms with van der Waals surface area (Å²) in [5, 5.41) is 4.43. The van der Waals surface area contributed by atoms with E-state index in [1.54, 1.807) is 25.6 Å². The second-order valence-electron chi connectivity index (χ2n) is 7.16. The quantitative estimate of drug-likeness (QED) is 0.672. The maximum absolute atomic E-state index is 12.6.